The van der Waals surface area contributed by atoms with Gasteiger partial charge >= 0.3 is 5.97 Å². The van der Waals surface area contributed by atoms with E-state index in [9.17, 15) is 18.8 Å². The average Bonchev–Trinajstić information content (AvgIpc) is 3.20. The first-order valence-corrected chi connectivity index (χ1v) is 9.91. The molecule has 1 fully saturated rings. The molecule has 2 aromatic rings. The molecule has 1 saturated heterocycles. The highest BCUT2D eigenvalue weighted by atomic mass is 32.1. The van der Waals surface area contributed by atoms with Gasteiger partial charge in [0.1, 0.15) is 5.82 Å². The highest BCUT2D eigenvalue weighted by Gasteiger charge is 2.19. The predicted molar refractivity (Wildman–Crippen MR) is 106 cm³/mol. The summed E-state index contributed by atoms with van der Waals surface area (Å²) >= 11 is 1.21. The summed E-state index contributed by atoms with van der Waals surface area (Å²) in [6.45, 7) is 1.81. The molecule has 8 heteroatoms. The first kappa shape index (κ1) is 20.9. The number of ketones is 1. The Morgan fingerprint density at radius 1 is 1.14 bits per heavy atom. The Hall–Kier alpha value is -2.84. The second-order valence-electron chi connectivity index (χ2n) is 6.32. The van der Waals surface area contributed by atoms with Crippen molar-refractivity contribution in [3.63, 3.8) is 0 Å². The van der Waals surface area contributed by atoms with Gasteiger partial charge in [0.2, 0.25) is 11.7 Å². The summed E-state index contributed by atoms with van der Waals surface area (Å²) in [6.07, 6.45) is 2.60. The molecule has 2 heterocycles. The van der Waals surface area contributed by atoms with Gasteiger partial charge in [-0.25, -0.2) is 9.18 Å². The highest BCUT2D eigenvalue weighted by Crippen LogP contribution is 2.19. The number of carbonyl (C=O) groups is 3. The largest absolute Gasteiger partial charge is 0.454 e. The molecular weight excluding hydrogens is 397 g/mol. The first-order valence-electron chi connectivity index (χ1n) is 9.10. The summed E-state index contributed by atoms with van der Waals surface area (Å²) in [6, 6.07) is 9.36. The van der Waals surface area contributed by atoms with Crippen LogP contribution in [0.5, 0.6) is 0 Å². The Balaban J connectivity index is 1.48. The Kier molecular flexibility index (Phi) is 7.26. The van der Waals surface area contributed by atoms with Crippen LogP contribution in [0.2, 0.25) is 0 Å². The zero-order valence-electron chi connectivity index (χ0n) is 15.6. The van der Waals surface area contributed by atoms with E-state index in [1.165, 1.54) is 29.5 Å². The number of carbonyl (C=O) groups excluding carboxylic acids is 3. The molecule has 29 heavy (non-hydrogen) atoms. The zero-order valence-corrected chi connectivity index (χ0v) is 16.5. The Morgan fingerprint density at radius 3 is 2.66 bits per heavy atom. The lowest BCUT2D eigenvalue weighted by atomic mass is 10.2. The number of hydrogen-bond donors (Lipinski definition) is 0. The molecular formula is C21H20FNO5S. The van der Waals surface area contributed by atoms with Crippen LogP contribution in [0.25, 0.3) is 6.08 Å². The quantitative estimate of drug-likeness (QED) is 0.394. The second kappa shape index (κ2) is 10.1. The smallest absolute Gasteiger partial charge is 0.331 e. The molecule has 0 radical (unpaired) electrons. The Morgan fingerprint density at radius 2 is 1.90 bits per heavy atom. The maximum absolute atomic E-state index is 13.5. The number of thiophene rings is 1. The van der Waals surface area contributed by atoms with Crippen molar-refractivity contribution in [1.82, 2.24) is 4.90 Å². The molecule has 6 nitrogen and oxygen atoms in total. The summed E-state index contributed by atoms with van der Waals surface area (Å²) in [7, 11) is 0. The van der Waals surface area contributed by atoms with Gasteiger partial charge in [-0.05, 0) is 24.3 Å². The van der Waals surface area contributed by atoms with Crippen molar-refractivity contribution in [2.75, 3.05) is 32.9 Å². The molecule has 1 aliphatic heterocycles. The minimum absolute atomic E-state index is 0.00106. The van der Waals surface area contributed by atoms with Crippen molar-refractivity contribution >= 4 is 35.1 Å². The van der Waals surface area contributed by atoms with E-state index >= 15 is 0 Å². The van der Waals surface area contributed by atoms with Crippen molar-refractivity contribution in [3.8, 4) is 0 Å². The van der Waals surface area contributed by atoms with Crippen LogP contribution in [0.15, 0.2) is 42.5 Å². The number of esters is 1. The molecule has 0 aliphatic carbocycles. The molecule has 0 unspecified atom stereocenters. The van der Waals surface area contributed by atoms with Crippen LogP contribution >= 0.6 is 11.3 Å². The van der Waals surface area contributed by atoms with Crippen molar-refractivity contribution in [2.45, 2.75) is 6.42 Å². The van der Waals surface area contributed by atoms with E-state index in [2.05, 4.69) is 0 Å². The van der Waals surface area contributed by atoms with Gasteiger partial charge in [0, 0.05) is 29.6 Å². The minimum atomic E-state index is -0.735. The van der Waals surface area contributed by atoms with E-state index in [4.69, 9.17) is 9.47 Å². The van der Waals surface area contributed by atoms with Gasteiger partial charge in [0.05, 0.1) is 24.5 Å². The van der Waals surface area contributed by atoms with Gasteiger partial charge in [-0.3, -0.25) is 9.59 Å². The Bertz CT molecular complexity index is 917. The SMILES string of the molecule is O=C(/C=C/c1ccccc1F)OCC(=O)c1ccc(CC(=O)N2CCOCC2)s1. The summed E-state index contributed by atoms with van der Waals surface area (Å²) in [5.41, 5.74) is 0.253. The topological polar surface area (TPSA) is 72.9 Å². The Labute approximate surface area is 171 Å². The van der Waals surface area contributed by atoms with E-state index in [-0.39, 0.29) is 23.7 Å². The third-order valence-electron chi connectivity index (χ3n) is 4.28. The number of halogens is 1. The van der Waals surface area contributed by atoms with Gasteiger partial charge in [-0.2, -0.15) is 0 Å². The number of hydrogen-bond acceptors (Lipinski definition) is 6. The van der Waals surface area contributed by atoms with Crippen LogP contribution in [0.1, 0.15) is 20.1 Å². The van der Waals surface area contributed by atoms with E-state index < -0.39 is 18.4 Å². The molecule has 152 valence electrons. The molecule has 1 aromatic carbocycles. The molecule has 0 spiro atoms. The fourth-order valence-electron chi connectivity index (χ4n) is 2.72. The van der Waals surface area contributed by atoms with Crippen molar-refractivity contribution < 1.29 is 28.2 Å². The van der Waals surface area contributed by atoms with Crippen LogP contribution in [-0.2, 0) is 25.5 Å². The predicted octanol–water partition coefficient (Wildman–Crippen LogP) is 2.73. The average molecular weight is 417 g/mol. The first-order chi connectivity index (χ1) is 14.0. The molecule has 0 N–H and O–H groups in total. The molecule has 1 aliphatic rings. The second-order valence-corrected chi connectivity index (χ2v) is 7.49. The highest BCUT2D eigenvalue weighted by molar-refractivity contribution is 7.14. The van der Waals surface area contributed by atoms with Gasteiger partial charge in [0.15, 0.2) is 6.61 Å². The maximum atomic E-state index is 13.5. The summed E-state index contributed by atoms with van der Waals surface area (Å²) in [5.74, 6) is -1.54. The van der Waals surface area contributed by atoms with Crippen molar-refractivity contribution in [2.24, 2.45) is 0 Å². The molecule has 0 saturated carbocycles. The van der Waals surface area contributed by atoms with E-state index in [1.54, 1.807) is 29.2 Å². The van der Waals surface area contributed by atoms with Crippen LogP contribution in [0.4, 0.5) is 4.39 Å². The zero-order chi connectivity index (χ0) is 20.6. The molecule has 0 bridgehead atoms. The van der Waals surface area contributed by atoms with Gasteiger partial charge in [0.25, 0.3) is 0 Å². The van der Waals surface area contributed by atoms with E-state index in [0.717, 1.165) is 11.0 Å². The third-order valence-corrected chi connectivity index (χ3v) is 5.40. The fourth-order valence-corrected chi connectivity index (χ4v) is 3.64. The van der Waals surface area contributed by atoms with Crippen LogP contribution in [0, 0.1) is 5.82 Å². The van der Waals surface area contributed by atoms with Gasteiger partial charge < -0.3 is 14.4 Å². The van der Waals surface area contributed by atoms with E-state index in [1.807, 2.05) is 0 Å². The summed E-state index contributed by atoms with van der Waals surface area (Å²) in [4.78, 5) is 39.2. The lowest BCUT2D eigenvalue weighted by Gasteiger charge is -2.26. The van der Waals surface area contributed by atoms with E-state index in [0.29, 0.717) is 31.2 Å². The maximum Gasteiger partial charge on any atom is 0.331 e. The lowest BCUT2D eigenvalue weighted by molar-refractivity contribution is -0.136. The lowest BCUT2D eigenvalue weighted by Crippen LogP contribution is -2.41. The number of rotatable bonds is 7. The molecule has 3 rings (SSSR count). The number of Topliss-reactive ketones (excluding diaryl/α,β-unsaturated/α-hetero) is 1. The van der Waals surface area contributed by atoms with Crippen LogP contribution < -0.4 is 0 Å². The monoisotopic (exact) mass is 417 g/mol. The van der Waals surface area contributed by atoms with Gasteiger partial charge in [-0.15, -0.1) is 11.3 Å². The normalized spacial score (nSPS) is 14.2. The van der Waals surface area contributed by atoms with Crippen molar-refractivity contribution in [1.29, 1.82) is 0 Å². The molecule has 0 atom stereocenters. The standard InChI is InChI=1S/C21H20FNO5S/c22-17-4-2-1-3-15(17)5-8-21(26)28-14-18(24)19-7-6-16(29-19)13-20(25)23-9-11-27-12-10-23/h1-8H,9-14H2/b8-5+. The summed E-state index contributed by atoms with van der Waals surface area (Å²) < 4.78 is 23.7. The number of morpholine rings is 1. The van der Waals surface area contributed by atoms with Crippen molar-refractivity contribution in [3.05, 3.63) is 63.6 Å². The number of nitrogens with zero attached hydrogens (tertiary/aromatic N) is 1. The minimum Gasteiger partial charge on any atom is -0.454 e. The third kappa shape index (κ3) is 6.07. The van der Waals surface area contributed by atoms with Crippen LogP contribution in [0.3, 0.4) is 0 Å². The van der Waals surface area contributed by atoms with Crippen LogP contribution in [-0.4, -0.2) is 55.5 Å². The molecule has 1 aromatic heterocycles. The number of benzene rings is 1. The number of ether oxygens (including phenoxy) is 2. The fraction of sp³-hybridized carbons (Fsp3) is 0.286. The van der Waals surface area contributed by atoms with Gasteiger partial charge in [-0.1, -0.05) is 18.2 Å². The number of amides is 1. The molecule has 1 amide bonds. The summed E-state index contributed by atoms with van der Waals surface area (Å²) in [5, 5.41) is 0.